The highest BCUT2D eigenvalue weighted by molar-refractivity contribution is 9.07. The monoisotopic (exact) mass is 240 g/mol. The van der Waals surface area contributed by atoms with Crippen molar-refractivity contribution in [2.75, 3.05) is 0 Å². The second-order valence-electron chi connectivity index (χ2n) is 2.54. The van der Waals surface area contributed by atoms with Gasteiger partial charge in [-0.1, -0.05) is 0 Å². The summed E-state index contributed by atoms with van der Waals surface area (Å²) in [6.07, 6.45) is 3.52. The van der Waals surface area contributed by atoms with Crippen molar-refractivity contribution in [1.82, 2.24) is 14.0 Å². The van der Waals surface area contributed by atoms with Gasteiger partial charge in [-0.3, -0.25) is 4.98 Å². The summed E-state index contributed by atoms with van der Waals surface area (Å²) < 4.78 is 1.48. The first-order valence-electron chi connectivity index (χ1n) is 3.72. The quantitative estimate of drug-likeness (QED) is 0.743. The fourth-order valence-electron chi connectivity index (χ4n) is 0.993. The Labute approximate surface area is 84.4 Å². The Balaban J connectivity index is 1.96. The number of rotatable bonds is 2. The molecule has 0 spiro atoms. The minimum absolute atomic E-state index is 0.702. The fraction of sp³-hybridized carbons (Fsp3) is 0.143. The molecule has 1 radical (unpaired) electrons. The maximum absolute atomic E-state index is 3.93. The lowest BCUT2D eigenvalue weighted by molar-refractivity contribution is 0.340. The van der Waals surface area contributed by atoms with E-state index in [1.54, 1.807) is 24.1 Å². The molecule has 0 aromatic carbocycles. The molecule has 0 amide bonds. The maximum atomic E-state index is 3.93. The zero-order valence-electron chi connectivity index (χ0n) is 6.71. The van der Waals surface area contributed by atoms with E-state index in [9.17, 15) is 0 Å². The Morgan fingerprint density at radius 2 is 2.00 bits per heavy atom. The Hall–Kier alpha value is -1.17. The third kappa shape index (κ3) is 2.15. The molecule has 0 unspecified atom stereocenters. The van der Waals surface area contributed by atoms with Crippen molar-refractivity contribution >= 4 is 16.1 Å². The lowest BCUT2D eigenvalue weighted by Gasteiger charge is -2.10. The van der Waals surface area contributed by atoms with E-state index < -0.39 is 0 Å². The molecule has 6 heteroatoms. The summed E-state index contributed by atoms with van der Waals surface area (Å²) in [4.78, 5) is 3.93. The number of hydrogen-bond acceptors (Lipinski definition) is 5. The third-order valence-electron chi connectivity index (χ3n) is 1.56. The lowest BCUT2D eigenvalue weighted by Crippen LogP contribution is -2.12. The summed E-state index contributed by atoms with van der Waals surface area (Å²) in [5, 5.41) is 9.34. The van der Waals surface area contributed by atoms with Crippen molar-refractivity contribution in [3.8, 4) is 0 Å². The Morgan fingerprint density at radius 3 is 2.62 bits per heavy atom. The summed E-state index contributed by atoms with van der Waals surface area (Å²) in [5.74, 6) is 0. The van der Waals surface area contributed by atoms with Crippen LogP contribution in [0, 0.1) is 6.67 Å². The molecule has 1 aliphatic heterocycles. The van der Waals surface area contributed by atoms with E-state index in [0.29, 0.717) is 6.54 Å². The number of halogens is 1. The molecule has 0 saturated carbocycles. The standard InChI is InChI=1S/C7H7BrN5/c8-13-6-12(10-11-13)5-7-1-3-9-4-2-7/h1-4,6H,5H2. The van der Waals surface area contributed by atoms with Crippen molar-refractivity contribution in [2.24, 2.45) is 10.4 Å². The molecular formula is C7H7BrN5. The van der Waals surface area contributed by atoms with Crippen molar-refractivity contribution in [1.29, 1.82) is 0 Å². The van der Waals surface area contributed by atoms with Crippen LogP contribution in [0.5, 0.6) is 0 Å². The predicted octanol–water partition coefficient (Wildman–Crippen LogP) is 1.91. The van der Waals surface area contributed by atoms with Crippen LogP contribution in [0.2, 0.25) is 0 Å². The van der Waals surface area contributed by atoms with Gasteiger partial charge >= 0.3 is 0 Å². The molecule has 5 nitrogen and oxygen atoms in total. The van der Waals surface area contributed by atoms with Crippen LogP contribution < -0.4 is 0 Å². The average Bonchev–Trinajstić information content (AvgIpc) is 2.53. The number of nitrogens with zero attached hydrogens (tertiary/aromatic N) is 5. The second kappa shape index (κ2) is 3.69. The number of aromatic nitrogens is 1. The molecular weight excluding hydrogens is 234 g/mol. The van der Waals surface area contributed by atoms with Gasteiger partial charge in [0.05, 0.1) is 22.7 Å². The van der Waals surface area contributed by atoms with Crippen LogP contribution in [0.15, 0.2) is 35.0 Å². The highest BCUT2D eigenvalue weighted by atomic mass is 79.9. The van der Waals surface area contributed by atoms with Crippen LogP contribution in [-0.2, 0) is 6.54 Å². The predicted molar refractivity (Wildman–Crippen MR) is 49.7 cm³/mol. The van der Waals surface area contributed by atoms with Gasteiger partial charge < -0.3 is 0 Å². The maximum Gasteiger partial charge on any atom is 0.192 e. The summed E-state index contributed by atoms with van der Waals surface area (Å²) in [6.45, 7) is 2.45. The molecule has 0 atom stereocenters. The van der Waals surface area contributed by atoms with E-state index in [1.165, 1.54) is 4.03 Å². The molecule has 0 aliphatic carbocycles. The molecule has 2 heterocycles. The molecule has 0 N–H and O–H groups in total. The normalized spacial score (nSPS) is 15.5. The summed E-state index contributed by atoms with van der Waals surface area (Å²) >= 11 is 3.16. The summed E-state index contributed by atoms with van der Waals surface area (Å²) in [7, 11) is 0. The third-order valence-corrected chi connectivity index (χ3v) is 1.89. The van der Waals surface area contributed by atoms with E-state index in [-0.39, 0.29) is 0 Å². The first-order valence-corrected chi connectivity index (χ1v) is 4.42. The van der Waals surface area contributed by atoms with Crippen molar-refractivity contribution in [3.63, 3.8) is 0 Å². The van der Waals surface area contributed by atoms with E-state index >= 15 is 0 Å². The Morgan fingerprint density at radius 1 is 1.23 bits per heavy atom. The van der Waals surface area contributed by atoms with Crippen LogP contribution in [0.4, 0.5) is 0 Å². The van der Waals surface area contributed by atoms with Crippen LogP contribution in [0.25, 0.3) is 0 Å². The number of hydrogen-bond donors (Lipinski definition) is 0. The van der Waals surface area contributed by atoms with Gasteiger partial charge in [0.25, 0.3) is 0 Å². The molecule has 0 bridgehead atoms. The zero-order valence-corrected chi connectivity index (χ0v) is 8.29. The molecule has 0 saturated heterocycles. The van der Waals surface area contributed by atoms with Gasteiger partial charge in [-0.05, 0) is 28.1 Å². The Bertz CT molecular complexity index is 301. The molecule has 1 aliphatic rings. The largest absolute Gasteiger partial charge is 0.265 e. The van der Waals surface area contributed by atoms with E-state index in [0.717, 1.165) is 5.56 Å². The van der Waals surface area contributed by atoms with Crippen LogP contribution >= 0.6 is 16.1 Å². The average molecular weight is 241 g/mol. The van der Waals surface area contributed by atoms with Crippen LogP contribution in [0.1, 0.15) is 5.56 Å². The lowest BCUT2D eigenvalue weighted by atomic mass is 10.3. The van der Waals surface area contributed by atoms with E-state index in [1.807, 2.05) is 12.1 Å². The van der Waals surface area contributed by atoms with Gasteiger partial charge in [0.15, 0.2) is 6.67 Å². The fourth-order valence-corrected chi connectivity index (χ4v) is 1.27. The van der Waals surface area contributed by atoms with Gasteiger partial charge in [0, 0.05) is 12.4 Å². The molecule has 2 rings (SSSR count). The minimum atomic E-state index is 0.702. The Kier molecular flexibility index (Phi) is 2.40. The number of pyridine rings is 1. The molecule has 0 fully saturated rings. The van der Waals surface area contributed by atoms with E-state index in [4.69, 9.17) is 0 Å². The van der Waals surface area contributed by atoms with Crippen molar-refractivity contribution < 1.29 is 0 Å². The van der Waals surface area contributed by atoms with Crippen molar-refractivity contribution in [3.05, 3.63) is 36.8 Å². The molecule has 1 aromatic heterocycles. The van der Waals surface area contributed by atoms with Gasteiger partial charge in [-0.25, -0.2) is 5.01 Å². The smallest absolute Gasteiger partial charge is 0.192 e. The molecule has 67 valence electrons. The second-order valence-corrected chi connectivity index (χ2v) is 3.26. The van der Waals surface area contributed by atoms with Gasteiger partial charge in [0.1, 0.15) is 0 Å². The summed E-state index contributed by atoms with van der Waals surface area (Å²) in [6, 6.07) is 3.89. The summed E-state index contributed by atoms with van der Waals surface area (Å²) in [5.41, 5.74) is 1.15. The van der Waals surface area contributed by atoms with Crippen LogP contribution in [-0.4, -0.2) is 14.0 Å². The topological polar surface area (TPSA) is 44.1 Å². The van der Waals surface area contributed by atoms with Crippen LogP contribution in [0.3, 0.4) is 0 Å². The minimum Gasteiger partial charge on any atom is -0.265 e. The molecule has 1 aromatic rings. The van der Waals surface area contributed by atoms with Crippen molar-refractivity contribution in [2.45, 2.75) is 6.54 Å². The van der Waals surface area contributed by atoms with Gasteiger partial charge in [-0.15, -0.1) is 0 Å². The SMILES string of the molecule is BrN1[CH]N(Cc2ccncc2)N=N1. The first kappa shape index (κ1) is 8.43. The molecule has 13 heavy (non-hydrogen) atoms. The van der Waals surface area contributed by atoms with E-state index in [2.05, 4.69) is 31.6 Å². The first-order chi connectivity index (χ1) is 6.34. The van der Waals surface area contributed by atoms with Gasteiger partial charge in [0.2, 0.25) is 0 Å². The highest BCUT2D eigenvalue weighted by Gasteiger charge is 2.13. The highest BCUT2D eigenvalue weighted by Crippen LogP contribution is 2.17. The van der Waals surface area contributed by atoms with Gasteiger partial charge in [-0.2, -0.15) is 4.03 Å². The zero-order chi connectivity index (χ0) is 9.10.